The zero-order chi connectivity index (χ0) is 56.7. The molecule has 1 aliphatic rings. The van der Waals surface area contributed by atoms with Crippen molar-refractivity contribution in [3.05, 3.63) is 47.5 Å². The lowest BCUT2D eigenvalue weighted by Gasteiger charge is -2.26. The van der Waals surface area contributed by atoms with Crippen LogP contribution in [0.1, 0.15) is 116 Å². The SMILES string of the molecule is CSCC[C@H](NC(=O)Cc1ccc(CNC(=O)[C@H](CCCCN(C)C)NC(=O)[C@@H](NC(=O)[C@@H](N)CCSC)C(C)C)cc1)C(=O)N[C@H](C(=O)N[C@@H](CCCCNC(=O)CCCCCN1C(=O)C=CC1=O)C(=O)O)C(C)C. The monoisotopic (exact) mass is 1100 g/mol. The van der Waals surface area contributed by atoms with Gasteiger partial charge in [-0.25, -0.2) is 4.79 Å². The van der Waals surface area contributed by atoms with Gasteiger partial charge in [0.25, 0.3) is 11.8 Å². The van der Waals surface area contributed by atoms with Crippen molar-refractivity contribution >= 4 is 82.7 Å². The predicted molar refractivity (Wildman–Crippen MR) is 297 cm³/mol. The van der Waals surface area contributed by atoms with Crippen molar-refractivity contribution in [2.24, 2.45) is 17.6 Å². The van der Waals surface area contributed by atoms with E-state index in [2.05, 4.69) is 37.2 Å². The van der Waals surface area contributed by atoms with E-state index in [1.165, 1.54) is 23.9 Å². The number of thioether (sulfide) groups is 2. The first-order chi connectivity index (χ1) is 36.1. The highest BCUT2D eigenvalue weighted by Crippen LogP contribution is 2.13. The molecular weight excluding hydrogens is 1020 g/mol. The summed E-state index contributed by atoms with van der Waals surface area (Å²) < 4.78 is 0. The van der Waals surface area contributed by atoms with Gasteiger partial charge in [0, 0.05) is 38.2 Å². The summed E-state index contributed by atoms with van der Waals surface area (Å²) in [5.41, 5.74) is 7.44. The highest BCUT2D eigenvalue weighted by molar-refractivity contribution is 7.98. The van der Waals surface area contributed by atoms with Gasteiger partial charge in [-0.3, -0.25) is 48.1 Å². The summed E-state index contributed by atoms with van der Waals surface area (Å²) in [5.74, 6) is -4.59. The molecule has 1 aromatic rings. The number of nitrogens with two attached hydrogens (primary N) is 1. The Balaban J connectivity index is 1.95. The van der Waals surface area contributed by atoms with Crippen LogP contribution >= 0.6 is 23.5 Å². The minimum atomic E-state index is -1.25. The topological polar surface area (TPSA) is 308 Å². The van der Waals surface area contributed by atoms with Crippen LogP contribution in [-0.2, 0) is 60.9 Å². The second-order valence-corrected chi connectivity index (χ2v) is 22.0. The molecule has 9 amide bonds. The number of rotatable bonds is 39. The number of carbonyl (C=O) groups excluding carboxylic acids is 9. The van der Waals surface area contributed by atoms with Crippen LogP contribution in [0.3, 0.4) is 0 Å². The Hall–Kier alpha value is -5.52. The normalized spacial score (nSPS) is 14.7. The number of carboxylic acid groups (broad SMARTS) is 1. The van der Waals surface area contributed by atoms with E-state index >= 15 is 0 Å². The standard InChI is InChI=1S/C53H86N10O11S2/c1-34(2)46(60-48(68)38(54)25-30-75-7)51(71)58-39(16-12-15-28-62(5)6)49(69)56-33-37-21-19-36(20-22-37)32-43(65)57-40(26-31-76-8)50(70)61-47(35(3)4)52(72)59-41(53(73)74)17-11-13-27-55-42(64)18-10-9-14-29-63-44(66)23-24-45(63)67/h19-24,34-35,38-41,46-47H,9-18,25-33,54H2,1-8H3,(H,55,64)(H,56,69)(H,57,65)(H,58,71)(H,59,72)(H,60,68)(H,61,70)(H,73,74)/t38-,39-,40-,41-,46-,47-/m0/s1. The van der Waals surface area contributed by atoms with Gasteiger partial charge in [0.2, 0.25) is 41.4 Å². The molecule has 0 unspecified atom stereocenters. The maximum atomic E-state index is 13.7. The Bertz CT molecular complexity index is 2070. The van der Waals surface area contributed by atoms with Crippen LogP contribution in [0.25, 0.3) is 0 Å². The first-order valence-corrected chi connectivity index (χ1v) is 29.1. The zero-order valence-electron chi connectivity index (χ0n) is 45.8. The highest BCUT2D eigenvalue weighted by atomic mass is 32.2. The fourth-order valence-corrected chi connectivity index (χ4v) is 8.94. The minimum Gasteiger partial charge on any atom is -0.480 e. The molecule has 426 valence electrons. The maximum Gasteiger partial charge on any atom is 0.326 e. The highest BCUT2D eigenvalue weighted by Gasteiger charge is 2.33. The van der Waals surface area contributed by atoms with Crippen LogP contribution < -0.4 is 43.0 Å². The first kappa shape index (κ1) is 66.6. The van der Waals surface area contributed by atoms with Crippen LogP contribution in [0.4, 0.5) is 0 Å². The summed E-state index contributed by atoms with van der Waals surface area (Å²) in [6, 6.07) is 1.13. The van der Waals surface area contributed by atoms with Crippen molar-refractivity contribution in [2.75, 3.05) is 57.7 Å². The number of unbranched alkanes of at least 4 members (excludes halogenated alkanes) is 4. The lowest BCUT2D eigenvalue weighted by molar-refractivity contribution is -0.143. The lowest BCUT2D eigenvalue weighted by Crippen LogP contribution is -2.57. The molecule has 10 N–H and O–H groups in total. The average Bonchev–Trinajstić information content (AvgIpc) is 3.69. The van der Waals surface area contributed by atoms with Crippen LogP contribution in [0.5, 0.6) is 0 Å². The molecule has 23 heteroatoms. The second-order valence-electron chi connectivity index (χ2n) is 20.0. The third-order valence-corrected chi connectivity index (χ3v) is 13.9. The largest absolute Gasteiger partial charge is 0.480 e. The maximum absolute atomic E-state index is 13.7. The van der Waals surface area contributed by atoms with E-state index in [9.17, 15) is 53.1 Å². The Kier molecular flexibility index (Phi) is 32.0. The fourth-order valence-electron chi connectivity index (χ4n) is 7.98. The number of nitrogens with zero attached hydrogens (tertiary/aromatic N) is 2. The average molecular weight is 1100 g/mol. The van der Waals surface area contributed by atoms with Crippen LogP contribution in [0.2, 0.25) is 0 Å². The number of hydrogen-bond acceptors (Lipinski definition) is 14. The van der Waals surface area contributed by atoms with Gasteiger partial charge in [-0.15, -0.1) is 0 Å². The van der Waals surface area contributed by atoms with Gasteiger partial charge in [-0.1, -0.05) is 58.4 Å². The molecule has 6 atom stereocenters. The van der Waals surface area contributed by atoms with E-state index < -0.39 is 77.7 Å². The molecule has 1 aromatic carbocycles. The summed E-state index contributed by atoms with van der Waals surface area (Å²) >= 11 is 3.05. The molecule has 0 radical (unpaired) electrons. The molecule has 0 saturated heterocycles. The molecule has 1 heterocycles. The van der Waals surface area contributed by atoms with Crippen molar-refractivity contribution < 1.29 is 53.1 Å². The van der Waals surface area contributed by atoms with E-state index in [4.69, 9.17) is 5.73 Å². The van der Waals surface area contributed by atoms with E-state index in [0.717, 1.165) is 23.4 Å². The van der Waals surface area contributed by atoms with Crippen molar-refractivity contribution in [1.82, 2.24) is 47.0 Å². The Labute approximate surface area is 457 Å². The molecule has 76 heavy (non-hydrogen) atoms. The van der Waals surface area contributed by atoms with E-state index in [0.29, 0.717) is 81.5 Å². The smallest absolute Gasteiger partial charge is 0.326 e. The third kappa shape index (κ3) is 26.0. The summed E-state index contributed by atoms with van der Waals surface area (Å²) in [5, 5.41) is 29.4. The molecule has 0 bridgehead atoms. The minimum absolute atomic E-state index is 0.0733. The summed E-state index contributed by atoms with van der Waals surface area (Å²) in [6.07, 6.45) is 11.7. The van der Waals surface area contributed by atoms with E-state index in [1.807, 2.05) is 45.4 Å². The van der Waals surface area contributed by atoms with Crippen LogP contribution in [0, 0.1) is 11.8 Å². The Morgan fingerprint density at radius 2 is 1.13 bits per heavy atom. The molecule has 2 rings (SSSR count). The lowest BCUT2D eigenvalue weighted by atomic mass is 10.0. The number of benzene rings is 1. The first-order valence-electron chi connectivity index (χ1n) is 26.4. The molecule has 21 nitrogen and oxygen atoms in total. The van der Waals surface area contributed by atoms with Gasteiger partial charge in [0.1, 0.15) is 30.2 Å². The molecule has 1 aliphatic heterocycles. The molecule has 0 spiro atoms. The summed E-state index contributed by atoms with van der Waals surface area (Å²) in [6.45, 7) is 8.59. The van der Waals surface area contributed by atoms with Gasteiger partial charge in [-0.2, -0.15) is 23.5 Å². The molecule has 0 aromatic heterocycles. The number of carboxylic acids is 1. The summed E-state index contributed by atoms with van der Waals surface area (Å²) in [4.78, 5) is 132. The molecule has 0 fully saturated rings. The number of imide groups is 1. The Morgan fingerprint density at radius 3 is 1.71 bits per heavy atom. The number of hydrogen-bond donors (Lipinski definition) is 9. The van der Waals surface area contributed by atoms with Crippen LogP contribution in [-0.4, -0.2) is 168 Å². The number of aliphatic carboxylic acids is 1. The van der Waals surface area contributed by atoms with E-state index in [1.54, 1.807) is 49.9 Å². The molecule has 0 saturated carbocycles. The molecular formula is C53H86N10O11S2. The number of nitrogens with one attached hydrogen (secondary N) is 7. The van der Waals surface area contributed by atoms with Crippen molar-refractivity contribution in [2.45, 2.75) is 154 Å². The quantitative estimate of drug-likeness (QED) is 0.0337. The number of amides is 9. The molecule has 0 aliphatic carbocycles. The predicted octanol–water partition coefficient (Wildman–Crippen LogP) is 2.00. The van der Waals surface area contributed by atoms with Gasteiger partial charge in [-0.05, 0) is 132 Å². The van der Waals surface area contributed by atoms with Gasteiger partial charge in [0.05, 0.1) is 12.5 Å². The van der Waals surface area contributed by atoms with Crippen molar-refractivity contribution in [1.29, 1.82) is 0 Å². The van der Waals surface area contributed by atoms with Gasteiger partial charge >= 0.3 is 5.97 Å². The summed E-state index contributed by atoms with van der Waals surface area (Å²) in [7, 11) is 3.92. The van der Waals surface area contributed by atoms with E-state index in [-0.39, 0.29) is 61.8 Å². The van der Waals surface area contributed by atoms with Crippen molar-refractivity contribution in [3.63, 3.8) is 0 Å². The third-order valence-electron chi connectivity index (χ3n) is 12.6. The second kappa shape index (κ2) is 36.5. The zero-order valence-corrected chi connectivity index (χ0v) is 47.5. The van der Waals surface area contributed by atoms with Gasteiger partial charge < -0.3 is 53.0 Å². The Morgan fingerprint density at radius 1 is 0.592 bits per heavy atom. The fraction of sp³-hybridized carbons (Fsp3) is 0.660. The van der Waals surface area contributed by atoms with Crippen molar-refractivity contribution in [3.8, 4) is 0 Å². The number of carbonyl (C=O) groups is 10. The van der Waals surface area contributed by atoms with Crippen LogP contribution in [0.15, 0.2) is 36.4 Å². The van der Waals surface area contributed by atoms with Gasteiger partial charge in [0.15, 0.2) is 0 Å².